The molecule has 2 aromatic carbocycles. The highest BCUT2D eigenvalue weighted by Crippen LogP contribution is 2.39. The first-order valence-corrected chi connectivity index (χ1v) is 11.6. The van der Waals surface area contributed by atoms with E-state index in [4.69, 9.17) is 9.15 Å². The average Bonchev–Trinajstić information content (AvgIpc) is 3.38. The zero-order valence-electron chi connectivity index (χ0n) is 20.8. The summed E-state index contributed by atoms with van der Waals surface area (Å²) < 4.78 is 11.2. The van der Waals surface area contributed by atoms with Crippen LogP contribution in [0.2, 0.25) is 0 Å². The van der Waals surface area contributed by atoms with Crippen molar-refractivity contribution in [1.29, 1.82) is 0 Å². The van der Waals surface area contributed by atoms with Crippen molar-refractivity contribution >= 4 is 11.0 Å². The second-order valence-electron chi connectivity index (χ2n) is 7.95. The van der Waals surface area contributed by atoms with Crippen LogP contribution < -0.4 is 4.74 Å². The van der Waals surface area contributed by atoms with Crippen LogP contribution in [0.1, 0.15) is 89.5 Å². The summed E-state index contributed by atoms with van der Waals surface area (Å²) in [5, 5.41) is 1.26. The highest BCUT2D eigenvalue weighted by Gasteiger charge is 2.27. The van der Waals surface area contributed by atoms with Gasteiger partial charge in [0, 0.05) is 22.4 Å². The second kappa shape index (κ2) is 12.5. The number of hydrogen-bond acceptors (Lipinski definition) is 2. The van der Waals surface area contributed by atoms with Crippen molar-refractivity contribution in [2.75, 3.05) is 6.61 Å². The largest absolute Gasteiger partial charge is 0.492 e. The van der Waals surface area contributed by atoms with E-state index in [1.807, 2.05) is 34.0 Å². The van der Waals surface area contributed by atoms with Gasteiger partial charge in [-0.25, -0.2) is 0 Å². The third kappa shape index (κ3) is 5.90. The molecule has 0 saturated heterocycles. The summed E-state index contributed by atoms with van der Waals surface area (Å²) in [7, 11) is 0. The summed E-state index contributed by atoms with van der Waals surface area (Å²) in [6.07, 6.45) is 1.88. The van der Waals surface area contributed by atoms with Crippen LogP contribution in [-0.2, 0) is 0 Å². The minimum Gasteiger partial charge on any atom is -0.492 e. The zero-order chi connectivity index (χ0) is 22.8. The number of ether oxygens (including phenoxy) is 1. The topological polar surface area (TPSA) is 22.4 Å². The van der Waals surface area contributed by atoms with Crippen LogP contribution in [0.3, 0.4) is 0 Å². The smallest absolute Gasteiger partial charge is 0.137 e. The lowest BCUT2D eigenvalue weighted by molar-refractivity contribution is 0.302. The molecule has 1 aromatic heterocycles. The molecule has 2 heteroatoms. The Morgan fingerprint density at radius 2 is 1.43 bits per heavy atom. The summed E-state index contributed by atoms with van der Waals surface area (Å²) in [5.41, 5.74) is 6.21. The van der Waals surface area contributed by atoms with Gasteiger partial charge in [0.1, 0.15) is 11.3 Å². The zero-order valence-corrected chi connectivity index (χ0v) is 20.8. The van der Waals surface area contributed by atoms with Gasteiger partial charge in [-0.3, -0.25) is 0 Å². The fourth-order valence-corrected chi connectivity index (χ4v) is 3.65. The van der Waals surface area contributed by atoms with Gasteiger partial charge in [0.25, 0.3) is 0 Å². The summed E-state index contributed by atoms with van der Waals surface area (Å²) >= 11 is 0. The molecule has 1 aliphatic heterocycles. The van der Waals surface area contributed by atoms with Gasteiger partial charge >= 0.3 is 0 Å². The Hall–Kier alpha value is -2.22. The van der Waals surface area contributed by atoms with Gasteiger partial charge in [-0.05, 0) is 36.8 Å². The fourth-order valence-electron chi connectivity index (χ4n) is 3.65. The minimum atomic E-state index is 0.531. The van der Waals surface area contributed by atoms with Crippen LogP contribution in [0.25, 0.3) is 11.0 Å². The molecule has 3 aromatic rings. The van der Waals surface area contributed by atoms with E-state index in [2.05, 4.69) is 77.9 Å². The third-order valence-electron chi connectivity index (χ3n) is 5.30. The number of fused-ring (bicyclic) bond motifs is 2. The van der Waals surface area contributed by atoms with Crippen molar-refractivity contribution in [3.05, 3.63) is 64.9 Å². The molecular weight excluding hydrogens is 368 g/mol. The fraction of sp³-hybridized carbons (Fsp3) is 0.500. The predicted molar refractivity (Wildman–Crippen MR) is 132 cm³/mol. The molecule has 0 bridgehead atoms. The predicted octanol–water partition coefficient (Wildman–Crippen LogP) is 9.04. The van der Waals surface area contributed by atoms with Gasteiger partial charge in [0.2, 0.25) is 0 Å². The molecule has 2 nitrogen and oxygen atoms in total. The Kier molecular flexibility index (Phi) is 10.7. The molecule has 0 aliphatic carbocycles. The number of furan rings is 1. The number of hydrogen-bond donors (Lipinski definition) is 0. The van der Waals surface area contributed by atoms with Crippen LogP contribution in [0.4, 0.5) is 0 Å². The highest BCUT2D eigenvalue weighted by molar-refractivity contribution is 5.84. The Labute approximate surface area is 184 Å². The lowest BCUT2D eigenvalue weighted by atomic mass is 9.90. The summed E-state index contributed by atoms with van der Waals surface area (Å²) in [4.78, 5) is 0. The van der Waals surface area contributed by atoms with Gasteiger partial charge in [-0.1, -0.05) is 91.8 Å². The number of aryl methyl sites for hydroxylation is 2. The molecule has 1 aliphatic rings. The maximum atomic E-state index is 5.70. The van der Waals surface area contributed by atoms with Crippen molar-refractivity contribution in [2.45, 2.75) is 81.1 Å². The average molecular weight is 411 g/mol. The van der Waals surface area contributed by atoms with Gasteiger partial charge in [0.15, 0.2) is 0 Å². The van der Waals surface area contributed by atoms with Gasteiger partial charge in [-0.2, -0.15) is 0 Å². The molecule has 0 saturated carbocycles. The molecule has 0 spiro atoms. The molecular formula is C28H42O2. The van der Waals surface area contributed by atoms with Crippen LogP contribution in [0.15, 0.2) is 47.1 Å². The standard InChI is InChI=1S/C12H16O.C12H14O.2C2H6/c2*1-8(2)11-7-13-12-9(3)5-4-6-10(11)12;2*1-2/h4-6,8,11H,7H2,1-3H3;4-8H,1-3H3;2*1-2H3. The molecule has 1 unspecified atom stereocenters. The maximum absolute atomic E-state index is 5.70. The van der Waals surface area contributed by atoms with E-state index >= 15 is 0 Å². The number of para-hydroxylation sites is 2. The molecule has 0 fully saturated rings. The molecule has 2 heterocycles. The van der Waals surface area contributed by atoms with Crippen LogP contribution in [-0.4, -0.2) is 6.61 Å². The molecule has 0 amide bonds. The highest BCUT2D eigenvalue weighted by atomic mass is 16.5. The Balaban J connectivity index is 0.000000258. The van der Waals surface area contributed by atoms with Crippen molar-refractivity contribution in [3.8, 4) is 5.75 Å². The van der Waals surface area contributed by atoms with Crippen molar-refractivity contribution in [2.24, 2.45) is 5.92 Å². The van der Waals surface area contributed by atoms with Crippen molar-refractivity contribution in [3.63, 3.8) is 0 Å². The van der Waals surface area contributed by atoms with E-state index in [-0.39, 0.29) is 0 Å². The van der Waals surface area contributed by atoms with E-state index in [0.29, 0.717) is 17.8 Å². The van der Waals surface area contributed by atoms with E-state index in [9.17, 15) is 0 Å². The number of benzene rings is 2. The second-order valence-corrected chi connectivity index (χ2v) is 7.95. The Morgan fingerprint density at radius 3 is 2.03 bits per heavy atom. The first-order valence-electron chi connectivity index (χ1n) is 11.6. The lowest BCUT2D eigenvalue weighted by Gasteiger charge is -2.12. The molecule has 166 valence electrons. The van der Waals surface area contributed by atoms with E-state index in [0.717, 1.165) is 17.9 Å². The normalized spacial score (nSPS) is 14.1. The molecule has 0 radical (unpaired) electrons. The van der Waals surface area contributed by atoms with Crippen molar-refractivity contribution < 1.29 is 9.15 Å². The van der Waals surface area contributed by atoms with Gasteiger partial charge < -0.3 is 9.15 Å². The van der Waals surface area contributed by atoms with E-state index < -0.39 is 0 Å². The lowest BCUT2D eigenvalue weighted by Crippen LogP contribution is -2.07. The van der Waals surface area contributed by atoms with Crippen LogP contribution in [0, 0.1) is 19.8 Å². The first-order chi connectivity index (χ1) is 14.4. The quantitative estimate of drug-likeness (QED) is 0.420. The van der Waals surface area contributed by atoms with Crippen LogP contribution >= 0.6 is 0 Å². The first kappa shape index (κ1) is 25.8. The summed E-state index contributed by atoms with van der Waals surface area (Å²) in [6, 6.07) is 12.7. The summed E-state index contributed by atoms with van der Waals surface area (Å²) in [6.45, 7) is 21.9. The monoisotopic (exact) mass is 410 g/mol. The van der Waals surface area contributed by atoms with E-state index in [1.165, 1.54) is 27.6 Å². The molecule has 4 rings (SSSR count). The van der Waals surface area contributed by atoms with Gasteiger partial charge in [0.05, 0.1) is 12.9 Å². The molecule has 30 heavy (non-hydrogen) atoms. The number of rotatable bonds is 2. The van der Waals surface area contributed by atoms with Crippen molar-refractivity contribution in [1.82, 2.24) is 0 Å². The van der Waals surface area contributed by atoms with Crippen LogP contribution in [0.5, 0.6) is 5.75 Å². The molecule has 1 atom stereocenters. The Bertz CT molecular complexity index is 887. The minimum absolute atomic E-state index is 0.531. The van der Waals surface area contributed by atoms with E-state index in [1.54, 1.807) is 0 Å². The Morgan fingerprint density at radius 1 is 0.833 bits per heavy atom. The SMILES string of the molecule is CC.CC.Cc1cccc2c(C(C)C)coc12.Cc1cccc2c1OCC2C(C)C. The van der Waals surface area contributed by atoms with Gasteiger partial charge in [-0.15, -0.1) is 0 Å². The third-order valence-corrected chi connectivity index (χ3v) is 5.30. The molecule has 0 N–H and O–H groups in total. The summed E-state index contributed by atoms with van der Waals surface area (Å²) in [5.74, 6) is 2.92. The maximum Gasteiger partial charge on any atom is 0.137 e.